The van der Waals surface area contributed by atoms with Gasteiger partial charge in [-0.1, -0.05) is 11.6 Å². The molecule has 2 aromatic heterocycles. The number of hydrogen-bond acceptors (Lipinski definition) is 6. The van der Waals surface area contributed by atoms with Gasteiger partial charge in [0.2, 0.25) is 0 Å². The van der Waals surface area contributed by atoms with Crippen LogP contribution in [0.15, 0.2) is 59.6 Å². The SMILES string of the molecule is COc1ccc(S(=O)(=O)OC(=O)NCc2c(C)nn(C)c2-n2ccc3cc(Cl)ccc32)cc1. The van der Waals surface area contributed by atoms with E-state index in [4.69, 9.17) is 20.5 Å². The van der Waals surface area contributed by atoms with Crippen molar-refractivity contribution in [3.63, 3.8) is 0 Å². The summed E-state index contributed by atoms with van der Waals surface area (Å²) in [5.74, 6) is 1.21. The summed E-state index contributed by atoms with van der Waals surface area (Å²) < 4.78 is 38.1. The van der Waals surface area contributed by atoms with Gasteiger partial charge < -0.3 is 18.8 Å². The molecular weight excluding hydrogens is 468 g/mol. The van der Waals surface area contributed by atoms with E-state index in [1.165, 1.54) is 31.4 Å². The van der Waals surface area contributed by atoms with E-state index in [-0.39, 0.29) is 11.4 Å². The van der Waals surface area contributed by atoms with Crippen LogP contribution in [-0.2, 0) is 27.9 Å². The Morgan fingerprint density at radius 3 is 2.58 bits per heavy atom. The van der Waals surface area contributed by atoms with Gasteiger partial charge in [0, 0.05) is 29.2 Å². The van der Waals surface area contributed by atoms with E-state index in [0.29, 0.717) is 22.0 Å². The van der Waals surface area contributed by atoms with E-state index < -0.39 is 16.2 Å². The van der Waals surface area contributed by atoms with Crippen molar-refractivity contribution in [2.45, 2.75) is 18.4 Å². The Morgan fingerprint density at radius 2 is 1.88 bits per heavy atom. The van der Waals surface area contributed by atoms with Crippen LogP contribution in [0.5, 0.6) is 5.75 Å². The van der Waals surface area contributed by atoms with Crippen molar-refractivity contribution >= 4 is 38.7 Å². The van der Waals surface area contributed by atoms with E-state index in [1.54, 1.807) is 17.8 Å². The summed E-state index contributed by atoms with van der Waals surface area (Å²) in [7, 11) is -1.03. The first-order chi connectivity index (χ1) is 15.7. The number of methoxy groups -OCH3 is 1. The molecule has 33 heavy (non-hydrogen) atoms. The molecule has 0 saturated carbocycles. The number of hydrogen-bond donors (Lipinski definition) is 1. The van der Waals surface area contributed by atoms with Gasteiger partial charge in [-0.05, 0) is 55.5 Å². The lowest BCUT2D eigenvalue weighted by atomic mass is 10.2. The maximum atomic E-state index is 12.4. The molecule has 172 valence electrons. The number of nitrogens with one attached hydrogen (secondary N) is 1. The predicted molar refractivity (Wildman–Crippen MR) is 123 cm³/mol. The van der Waals surface area contributed by atoms with E-state index >= 15 is 0 Å². The van der Waals surface area contributed by atoms with Crippen LogP contribution in [-0.4, -0.2) is 36.0 Å². The smallest absolute Gasteiger partial charge is 0.423 e. The van der Waals surface area contributed by atoms with E-state index in [1.807, 2.05) is 35.9 Å². The largest absolute Gasteiger partial charge is 0.497 e. The molecule has 0 aliphatic rings. The molecule has 0 atom stereocenters. The number of halogens is 1. The minimum atomic E-state index is -4.29. The second kappa shape index (κ2) is 8.80. The molecule has 0 radical (unpaired) electrons. The third kappa shape index (κ3) is 4.53. The van der Waals surface area contributed by atoms with Crippen LogP contribution in [0.3, 0.4) is 0 Å². The van der Waals surface area contributed by atoms with Gasteiger partial charge in [-0.15, -0.1) is 0 Å². The summed E-state index contributed by atoms with van der Waals surface area (Å²) in [6.45, 7) is 1.82. The lowest BCUT2D eigenvalue weighted by Crippen LogP contribution is -2.27. The molecule has 1 N–H and O–H groups in total. The third-order valence-corrected chi connectivity index (χ3v) is 6.59. The Hall–Kier alpha value is -3.50. The molecule has 0 bridgehead atoms. The number of benzene rings is 2. The van der Waals surface area contributed by atoms with E-state index in [2.05, 4.69) is 10.4 Å². The van der Waals surface area contributed by atoms with Gasteiger partial charge in [0.25, 0.3) is 0 Å². The highest BCUT2D eigenvalue weighted by Crippen LogP contribution is 2.26. The summed E-state index contributed by atoms with van der Waals surface area (Å²) >= 11 is 6.09. The van der Waals surface area contributed by atoms with Gasteiger partial charge in [0.05, 0.1) is 24.9 Å². The monoisotopic (exact) mass is 488 g/mol. The van der Waals surface area contributed by atoms with E-state index in [9.17, 15) is 13.2 Å². The highest BCUT2D eigenvalue weighted by Gasteiger charge is 2.22. The molecule has 1 amide bonds. The van der Waals surface area contributed by atoms with Crippen molar-refractivity contribution < 1.29 is 22.1 Å². The second-order valence-corrected chi connectivity index (χ2v) is 9.24. The average Bonchev–Trinajstić information content (AvgIpc) is 3.30. The van der Waals surface area contributed by atoms with Crippen molar-refractivity contribution in [3.05, 3.63) is 71.0 Å². The Bertz CT molecular complexity index is 1440. The van der Waals surface area contributed by atoms with Crippen LogP contribution < -0.4 is 10.1 Å². The van der Waals surface area contributed by atoms with Gasteiger partial charge in [0.1, 0.15) is 16.5 Å². The zero-order chi connectivity index (χ0) is 23.8. The van der Waals surface area contributed by atoms with Crippen molar-refractivity contribution in [2.75, 3.05) is 7.11 Å². The average molecular weight is 489 g/mol. The number of carbonyl (C=O) groups is 1. The first-order valence-corrected chi connectivity index (χ1v) is 11.6. The Labute approximate surface area is 195 Å². The molecule has 0 saturated heterocycles. The molecule has 0 spiro atoms. The zero-order valence-corrected chi connectivity index (χ0v) is 19.6. The van der Waals surface area contributed by atoms with Crippen molar-refractivity contribution in [2.24, 2.45) is 7.05 Å². The van der Waals surface area contributed by atoms with Gasteiger partial charge in [-0.25, -0.2) is 4.79 Å². The van der Waals surface area contributed by atoms with Gasteiger partial charge in [-0.3, -0.25) is 4.68 Å². The summed E-state index contributed by atoms with van der Waals surface area (Å²) in [5.41, 5.74) is 2.30. The van der Waals surface area contributed by atoms with Crippen molar-refractivity contribution in [3.8, 4) is 11.6 Å². The summed E-state index contributed by atoms with van der Waals surface area (Å²) in [6.07, 6.45) is 0.789. The lowest BCUT2D eigenvalue weighted by Gasteiger charge is -2.11. The van der Waals surface area contributed by atoms with Crippen molar-refractivity contribution in [1.82, 2.24) is 19.7 Å². The number of amides is 1. The molecule has 4 aromatic rings. The molecule has 4 rings (SSSR count). The Balaban J connectivity index is 1.54. The van der Waals surface area contributed by atoms with Crippen LogP contribution in [0.1, 0.15) is 11.3 Å². The van der Waals surface area contributed by atoms with Crippen LogP contribution in [0, 0.1) is 6.92 Å². The fourth-order valence-corrected chi connectivity index (χ4v) is 4.58. The molecular formula is C22H21ClN4O5S. The first kappa shape index (κ1) is 22.7. The van der Waals surface area contributed by atoms with Crippen LogP contribution in [0.2, 0.25) is 5.02 Å². The number of rotatable bonds is 6. The van der Waals surface area contributed by atoms with Crippen LogP contribution in [0.4, 0.5) is 4.79 Å². The quantitative estimate of drug-likeness (QED) is 0.412. The fourth-order valence-electron chi connectivity index (χ4n) is 3.58. The Morgan fingerprint density at radius 1 is 1.15 bits per heavy atom. The molecule has 9 nitrogen and oxygen atoms in total. The maximum Gasteiger partial charge on any atom is 0.423 e. The van der Waals surface area contributed by atoms with Gasteiger partial charge >= 0.3 is 16.2 Å². The van der Waals surface area contributed by atoms with Crippen LogP contribution in [0.25, 0.3) is 16.7 Å². The number of carbonyl (C=O) groups excluding carboxylic acids is 1. The molecule has 11 heteroatoms. The van der Waals surface area contributed by atoms with E-state index in [0.717, 1.165) is 16.7 Å². The minimum absolute atomic E-state index is 0.0131. The van der Waals surface area contributed by atoms with Gasteiger partial charge in [-0.2, -0.15) is 13.5 Å². The number of fused-ring (bicyclic) bond motifs is 1. The normalized spacial score (nSPS) is 11.5. The summed E-state index contributed by atoms with van der Waals surface area (Å²) in [6, 6.07) is 13.0. The first-order valence-electron chi connectivity index (χ1n) is 9.85. The summed E-state index contributed by atoms with van der Waals surface area (Å²) in [4.78, 5) is 12.2. The minimum Gasteiger partial charge on any atom is -0.497 e. The number of nitrogens with zero attached hydrogens (tertiary/aromatic N) is 3. The van der Waals surface area contributed by atoms with Crippen molar-refractivity contribution in [1.29, 1.82) is 0 Å². The highest BCUT2D eigenvalue weighted by atomic mass is 35.5. The second-order valence-electron chi connectivity index (χ2n) is 7.25. The molecule has 0 fully saturated rings. The number of aromatic nitrogens is 3. The highest BCUT2D eigenvalue weighted by molar-refractivity contribution is 7.87. The molecule has 2 aromatic carbocycles. The lowest BCUT2D eigenvalue weighted by molar-refractivity contribution is 0.202. The molecule has 0 unspecified atom stereocenters. The summed E-state index contributed by atoms with van der Waals surface area (Å²) in [5, 5.41) is 8.54. The molecule has 2 heterocycles. The number of aryl methyl sites for hydroxylation is 2. The molecule has 0 aliphatic carbocycles. The predicted octanol–water partition coefficient (Wildman–Crippen LogP) is 3.95. The Kier molecular flexibility index (Phi) is 6.05. The van der Waals surface area contributed by atoms with Crippen LogP contribution >= 0.6 is 11.6 Å². The molecule has 0 aliphatic heterocycles. The third-order valence-electron chi connectivity index (χ3n) is 5.14. The number of ether oxygens (including phenoxy) is 1. The maximum absolute atomic E-state index is 12.4. The topological polar surface area (TPSA) is 104 Å². The standard InChI is InChI=1S/C22H21ClN4O5S/c1-14-19(13-24-22(28)32-33(29,30)18-7-5-17(31-3)6-8-18)21(26(2)25-14)27-11-10-15-12-16(23)4-9-20(15)27/h4-12H,13H2,1-3H3,(H,24,28). The van der Waals surface area contributed by atoms with Gasteiger partial charge in [0.15, 0.2) is 0 Å². The zero-order valence-electron chi connectivity index (χ0n) is 18.1. The fraction of sp³-hybridized carbons (Fsp3) is 0.182.